The lowest BCUT2D eigenvalue weighted by molar-refractivity contribution is 0.00361. The van der Waals surface area contributed by atoms with E-state index in [1.54, 1.807) is 7.11 Å². The molecule has 2 aliphatic heterocycles. The van der Waals surface area contributed by atoms with Gasteiger partial charge in [0.25, 0.3) is 0 Å². The highest BCUT2D eigenvalue weighted by molar-refractivity contribution is 8.04. The smallest absolute Gasteiger partial charge is 0.119 e. The van der Waals surface area contributed by atoms with Crippen LogP contribution in [0.15, 0.2) is 70.9 Å². The maximum Gasteiger partial charge on any atom is 0.119 e. The van der Waals surface area contributed by atoms with Gasteiger partial charge in [-0.3, -0.25) is 4.90 Å². The molecular formula is C29H35NO3S. The number of fused-ring (bicyclic) bond motifs is 4. The highest BCUT2D eigenvalue weighted by Crippen LogP contribution is 2.65. The van der Waals surface area contributed by atoms with Crippen LogP contribution in [0.4, 0.5) is 0 Å². The maximum absolute atomic E-state index is 12.5. The largest absolute Gasteiger partial charge is 0.497 e. The van der Waals surface area contributed by atoms with Gasteiger partial charge in [-0.1, -0.05) is 36.8 Å². The number of thioether (sulfide) groups is 1. The second kappa shape index (κ2) is 9.25. The highest BCUT2D eigenvalue weighted by atomic mass is 32.2. The Morgan fingerprint density at radius 2 is 1.91 bits per heavy atom. The molecule has 5 unspecified atom stereocenters. The molecule has 6 rings (SSSR count). The predicted octanol–water partition coefficient (Wildman–Crippen LogP) is 5.42. The van der Waals surface area contributed by atoms with Crippen molar-refractivity contribution in [2.45, 2.75) is 43.0 Å². The molecule has 34 heavy (non-hydrogen) atoms. The van der Waals surface area contributed by atoms with E-state index in [1.165, 1.54) is 42.8 Å². The Labute approximate surface area is 207 Å². The predicted molar refractivity (Wildman–Crippen MR) is 138 cm³/mol. The highest BCUT2D eigenvalue weighted by Gasteiger charge is 2.59. The van der Waals surface area contributed by atoms with Crippen molar-refractivity contribution in [2.24, 2.45) is 17.8 Å². The summed E-state index contributed by atoms with van der Waals surface area (Å²) in [6.07, 6.45) is 17.2. The van der Waals surface area contributed by atoms with Gasteiger partial charge >= 0.3 is 0 Å². The number of aliphatic hydroxyl groups is 1. The normalized spacial score (nSPS) is 34.5. The summed E-state index contributed by atoms with van der Waals surface area (Å²) in [5.41, 5.74) is 1.28. The first-order valence-electron chi connectivity index (χ1n) is 12.9. The summed E-state index contributed by atoms with van der Waals surface area (Å²) >= 11 is 1.93. The van der Waals surface area contributed by atoms with Crippen LogP contribution in [0.5, 0.6) is 5.75 Å². The summed E-state index contributed by atoms with van der Waals surface area (Å²) < 4.78 is 11.6. The van der Waals surface area contributed by atoms with Gasteiger partial charge < -0.3 is 14.6 Å². The zero-order valence-corrected chi connectivity index (χ0v) is 20.8. The third-order valence-corrected chi connectivity index (χ3v) is 9.79. The lowest BCUT2D eigenvalue weighted by Crippen LogP contribution is -2.40. The Kier molecular flexibility index (Phi) is 6.13. The van der Waals surface area contributed by atoms with Crippen molar-refractivity contribution in [3.05, 3.63) is 76.4 Å². The Morgan fingerprint density at radius 3 is 2.71 bits per heavy atom. The van der Waals surface area contributed by atoms with Crippen LogP contribution in [0.2, 0.25) is 0 Å². The van der Waals surface area contributed by atoms with E-state index in [0.717, 1.165) is 36.5 Å². The Balaban J connectivity index is 1.24. The molecule has 1 aromatic carbocycles. The number of likely N-dealkylation sites (tertiary alicyclic amines) is 1. The van der Waals surface area contributed by atoms with Crippen LogP contribution in [-0.4, -0.2) is 48.6 Å². The van der Waals surface area contributed by atoms with Gasteiger partial charge in [0.1, 0.15) is 23.7 Å². The third-order valence-electron chi connectivity index (χ3n) is 8.34. The summed E-state index contributed by atoms with van der Waals surface area (Å²) in [4.78, 5) is 3.87. The molecule has 0 saturated carbocycles. The first kappa shape index (κ1) is 22.5. The fourth-order valence-corrected chi connectivity index (χ4v) is 8.32. The van der Waals surface area contributed by atoms with E-state index in [9.17, 15) is 5.11 Å². The van der Waals surface area contributed by atoms with E-state index in [-0.39, 0.29) is 11.8 Å². The number of ether oxygens (including phenoxy) is 2. The second-order valence-electron chi connectivity index (χ2n) is 10.2. The van der Waals surface area contributed by atoms with Crippen molar-refractivity contribution >= 4 is 11.8 Å². The standard InChI is InChI=1S/C29H35NO3S/c1-32-22-13-14-24-26(19-22)34-28-23-7-3-4-8-25(23)29(31,27(24)28)20-9-11-21(12-10-20)33-18-17-30-15-5-2-6-16-30/h3,7,9-14,19,23-26,31H,2,4-6,8,15-18H2,1H3. The van der Waals surface area contributed by atoms with Gasteiger partial charge in [-0.15, -0.1) is 11.8 Å². The molecule has 0 bridgehead atoms. The minimum atomic E-state index is -0.938. The number of benzene rings is 1. The molecule has 0 spiro atoms. The number of nitrogens with zero attached hydrogens (tertiary/aromatic N) is 1. The summed E-state index contributed by atoms with van der Waals surface area (Å²) in [7, 11) is 1.73. The van der Waals surface area contributed by atoms with E-state index in [1.807, 2.05) is 11.8 Å². The van der Waals surface area contributed by atoms with Gasteiger partial charge in [-0.05, 0) is 79.1 Å². The van der Waals surface area contributed by atoms with Crippen LogP contribution in [0.3, 0.4) is 0 Å². The van der Waals surface area contributed by atoms with Crippen LogP contribution < -0.4 is 4.74 Å². The van der Waals surface area contributed by atoms with Crippen LogP contribution >= 0.6 is 11.8 Å². The van der Waals surface area contributed by atoms with Crippen LogP contribution in [0.25, 0.3) is 0 Å². The van der Waals surface area contributed by atoms with E-state index in [4.69, 9.17) is 9.47 Å². The molecule has 180 valence electrons. The van der Waals surface area contributed by atoms with E-state index >= 15 is 0 Å². The van der Waals surface area contributed by atoms with Crippen LogP contribution in [0.1, 0.15) is 37.7 Å². The minimum Gasteiger partial charge on any atom is -0.497 e. The summed E-state index contributed by atoms with van der Waals surface area (Å²) in [5.74, 6) is 2.52. The van der Waals surface area contributed by atoms with Crippen molar-refractivity contribution < 1.29 is 14.6 Å². The van der Waals surface area contributed by atoms with Crippen LogP contribution in [-0.2, 0) is 10.3 Å². The molecule has 1 fully saturated rings. The first-order chi connectivity index (χ1) is 16.7. The van der Waals surface area contributed by atoms with Gasteiger partial charge in [-0.2, -0.15) is 0 Å². The second-order valence-corrected chi connectivity index (χ2v) is 11.4. The lowest BCUT2D eigenvalue weighted by atomic mass is 9.70. The number of rotatable bonds is 6. The van der Waals surface area contributed by atoms with Crippen molar-refractivity contribution in [2.75, 3.05) is 33.4 Å². The average molecular weight is 478 g/mol. The molecule has 5 aliphatic rings. The molecule has 5 atom stereocenters. The fourth-order valence-electron chi connectivity index (χ4n) is 6.63. The number of piperidine rings is 1. The zero-order valence-electron chi connectivity index (χ0n) is 20.0. The SMILES string of the molecule is COC1=CC2SC3=C(C2C=C1)C(O)(c1ccc(OCCN2CCCCC2)cc1)C1CCC=CC31. The molecule has 2 heterocycles. The number of allylic oxidation sites excluding steroid dienone is 5. The Hall–Kier alpha value is -1.95. The van der Waals surface area contributed by atoms with Crippen molar-refractivity contribution in [1.82, 2.24) is 4.90 Å². The molecule has 3 aliphatic carbocycles. The lowest BCUT2D eigenvalue weighted by Gasteiger charge is -2.40. The molecule has 1 N–H and O–H groups in total. The fraction of sp³-hybridized carbons (Fsp3) is 0.517. The van der Waals surface area contributed by atoms with Crippen molar-refractivity contribution in [3.8, 4) is 5.75 Å². The summed E-state index contributed by atoms with van der Waals surface area (Å²) in [5, 5.41) is 12.8. The molecule has 0 radical (unpaired) electrons. The minimum absolute atomic E-state index is 0.197. The molecule has 4 nitrogen and oxygen atoms in total. The van der Waals surface area contributed by atoms with Crippen molar-refractivity contribution in [3.63, 3.8) is 0 Å². The number of methoxy groups -OCH3 is 1. The number of hydrogen-bond acceptors (Lipinski definition) is 5. The molecule has 1 saturated heterocycles. The van der Waals surface area contributed by atoms with Crippen LogP contribution in [0, 0.1) is 17.8 Å². The summed E-state index contributed by atoms with van der Waals surface area (Å²) in [6, 6.07) is 8.30. The summed E-state index contributed by atoms with van der Waals surface area (Å²) in [6.45, 7) is 4.09. The molecule has 0 amide bonds. The molecular weight excluding hydrogens is 442 g/mol. The average Bonchev–Trinajstić information content (AvgIpc) is 3.39. The molecule has 1 aromatic rings. The zero-order chi connectivity index (χ0) is 23.1. The Bertz CT molecular complexity index is 1040. The monoisotopic (exact) mass is 477 g/mol. The Morgan fingerprint density at radius 1 is 1.09 bits per heavy atom. The third kappa shape index (κ3) is 3.77. The van der Waals surface area contributed by atoms with Gasteiger partial charge in [0.15, 0.2) is 0 Å². The van der Waals surface area contributed by atoms with Gasteiger partial charge in [0, 0.05) is 29.5 Å². The first-order valence-corrected chi connectivity index (χ1v) is 13.8. The van der Waals surface area contributed by atoms with Gasteiger partial charge in [0.2, 0.25) is 0 Å². The maximum atomic E-state index is 12.5. The van der Waals surface area contributed by atoms with E-state index < -0.39 is 5.60 Å². The molecule has 0 aromatic heterocycles. The van der Waals surface area contributed by atoms with Gasteiger partial charge in [0.05, 0.1) is 7.11 Å². The number of hydrogen-bond donors (Lipinski definition) is 1. The van der Waals surface area contributed by atoms with E-state index in [0.29, 0.717) is 17.8 Å². The topological polar surface area (TPSA) is 41.9 Å². The van der Waals surface area contributed by atoms with Gasteiger partial charge in [-0.25, -0.2) is 0 Å². The van der Waals surface area contributed by atoms with E-state index in [2.05, 4.69) is 59.5 Å². The van der Waals surface area contributed by atoms with Crippen molar-refractivity contribution in [1.29, 1.82) is 0 Å². The molecule has 5 heteroatoms. The quantitative estimate of drug-likeness (QED) is 0.554.